The number of hydrogen-bond donors (Lipinski definition) is 2. The first kappa shape index (κ1) is 19.1. The minimum atomic E-state index is -1.24. The lowest BCUT2D eigenvalue weighted by Crippen LogP contribution is -2.18. The van der Waals surface area contributed by atoms with Gasteiger partial charge in [0.2, 0.25) is 0 Å². The minimum Gasteiger partial charge on any atom is -0.398 e. The third kappa shape index (κ3) is 4.37. The van der Waals surface area contributed by atoms with Crippen LogP contribution in [0.15, 0.2) is 78.6 Å². The van der Waals surface area contributed by atoms with E-state index >= 15 is 0 Å². The van der Waals surface area contributed by atoms with E-state index in [1.165, 1.54) is 6.20 Å². The quantitative estimate of drug-likeness (QED) is 0.483. The average molecular weight is 399 g/mol. The number of hydrogen-bond acceptors (Lipinski definition) is 4. The maximum Gasteiger partial charge on any atom is 0.194 e. The van der Waals surface area contributed by atoms with Crippen molar-refractivity contribution in [3.63, 3.8) is 0 Å². The molecule has 0 aliphatic rings. The molecular weight excluding hydrogens is 383 g/mol. The van der Waals surface area contributed by atoms with Gasteiger partial charge in [0.1, 0.15) is 6.10 Å². The Balaban J connectivity index is 2.13. The van der Waals surface area contributed by atoms with Crippen molar-refractivity contribution in [2.75, 3.05) is 0 Å². The van der Waals surface area contributed by atoms with E-state index in [-0.39, 0.29) is 11.3 Å². The molecule has 0 saturated carbocycles. The summed E-state index contributed by atoms with van der Waals surface area (Å²) < 4.78 is 0. The van der Waals surface area contributed by atoms with Crippen LogP contribution in [0.4, 0.5) is 0 Å². The number of pyridine rings is 1. The summed E-state index contributed by atoms with van der Waals surface area (Å²) >= 11 is 11.8. The van der Waals surface area contributed by atoms with Gasteiger partial charge in [0.15, 0.2) is 5.78 Å². The van der Waals surface area contributed by atoms with E-state index < -0.39 is 11.9 Å². The van der Waals surface area contributed by atoms with Crippen molar-refractivity contribution in [3.8, 4) is 0 Å². The highest BCUT2D eigenvalue weighted by atomic mass is 35.5. The van der Waals surface area contributed by atoms with Crippen molar-refractivity contribution in [2.45, 2.75) is 6.10 Å². The second-order valence-corrected chi connectivity index (χ2v) is 6.73. The minimum absolute atomic E-state index is 0.0626. The maximum atomic E-state index is 13.2. The second kappa shape index (κ2) is 8.35. The standard InChI is InChI=1S/C21H16Cl2N2O2/c22-16-7-3-13(4-8-16)19(24)18(21(27)15-2-1-11-25-12-15)20(26)14-5-9-17(23)10-6-14/h1-12,21,27H,24H2. The number of Topliss-reactive ketones (excluding diaryl/α,β-unsaturated/α-hetero) is 1. The average Bonchev–Trinajstić information content (AvgIpc) is 2.69. The first-order valence-electron chi connectivity index (χ1n) is 8.11. The molecule has 3 rings (SSSR count). The lowest BCUT2D eigenvalue weighted by Gasteiger charge is -2.18. The van der Waals surface area contributed by atoms with Crippen molar-refractivity contribution in [1.82, 2.24) is 4.98 Å². The Morgan fingerprint density at radius 3 is 2.00 bits per heavy atom. The molecule has 0 saturated heterocycles. The van der Waals surface area contributed by atoms with Gasteiger partial charge in [-0.25, -0.2) is 0 Å². The molecule has 0 spiro atoms. The second-order valence-electron chi connectivity index (χ2n) is 5.86. The molecule has 27 heavy (non-hydrogen) atoms. The highest BCUT2D eigenvalue weighted by Crippen LogP contribution is 2.30. The number of aliphatic hydroxyl groups excluding tert-OH is 1. The van der Waals surface area contributed by atoms with Crippen LogP contribution < -0.4 is 5.73 Å². The van der Waals surface area contributed by atoms with Crippen molar-refractivity contribution in [3.05, 3.63) is 105 Å². The zero-order valence-electron chi connectivity index (χ0n) is 14.1. The number of halogens is 2. The highest BCUT2D eigenvalue weighted by Gasteiger charge is 2.25. The van der Waals surface area contributed by atoms with Gasteiger partial charge in [0.25, 0.3) is 0 Å². The molecule has 3 aromatic rings. The molecule has 1 heterocycles. The van der Waals surface area contributed by atoms with Crippen LogP contribution in [0.3, 0.4) is 0 Å². The molecule has 3 N–H and O–H groups in total. The summed E-state index contributed by atoms with van der Waals surface area (Å²) in [6.45, 7) is 0. The van der Waals surface area contributed by atoms with Crippen molar-refractivity contribution < 1.29 is 9.90 Å². The van der Waals surface area contributed by atoms with Gasteiger partial charge in [-0.1, -0.05) is 41.4 Å². The zero-order chi connectivity index (χ0) is 19.4. The SMILES string of the molecule is NC(=C(C(=O)c1ccc(Cl)cc1)C(O)c1cccnc1)c1ccc(Cl)cc1. The maximum absolute atomic E-state index is 13.2. The van der Waals surface area contributed by atoms with Crippen LogP contribution in [0, 0.1) is 0 Å². The summed E-state index contributed by atoms with van der Waals surface area (Å²) in [7, 11) is 0. The molecule has 2 aromatic carbocycles. The monoisotopic (exact) mass is 398 g/mol. The Hall–Kier alpha value is -2.66. The highest BCUT2D eigenvalue weighted by molar-refractivity contribution is 6.31. The van der Waals surface area contributed by atoms with Crippen LogP contribution in [0.5, 0.6) is 0 Å². The summed E-state index contributed by atoms with van der Waals surface area (Å²) in [4.78, 5) is 17.2. The summed E-state index contributed by atoms with van der Waals surface area (Å²) in [5.74, 6) is -0.393. The smallest absolute Gasteiger partial charge is 0.194 e. The Morgan fingerprint density at radius 2 is 1.48 bits per heavy atom. The van der Waals surface area contributed by atoms with Crippen LogP contribution in [0.1, 0.15) is 27.6 Å². The van der Waals surface area contributed by atoms with Crippen molar-refractivity contribution in [2.24, 2.45) is 5.73 Å². The number of ketones is 1. The molecule has 6 heteroatoms. The molecule has 1 aromatic heterocycles. The van der Waals surface area contributed by atoms with Crippen LogP contribution in [0.25, 0.3) is 5.70 Å². The van der Waals surface area contributed by atoms with Gasteiger partial charge < -0.3 is 10.8 Å². The third-order valence-corrected chi connectivity index (χ3v) is 4.57. The van der Waals surface area contributed by atoms with Gasteiger partial charge in [0.05, 0.1) is 5.57 Å². The zero-order valence-corrected chi connectivity index (χ0v) is 15.7. The number of nitrogens with zero attached hydrogens (tertiary/aromatic N) is 1. The first-order chi connectivity index (χ1) is 13.0. The molecule has 0 bridgehead atoms. The van der Waals surface area contributed by atoms with E-state index in [2.05, 4.69) is 4.98 Å². The third-order valence-electron chi connectivity index (χ3n) is 4.07. The van der Waals surface area contributed by atoms with Gasteiger partial charge in [-0.05, 0) is 48.0 Å². The van der Waals surface area contributed by atoms with E-state index in [1.54, 1.807) is 66.9 Å². The lowest BCUT2D eigenvalue weighted by atomic mass is 9.91. The van der Waals surface area contributed by atoms with Crippen LogP contribution in [-0.2, 0) is 0 Å². The van der Waals surface area contributed by atoms with Gasteiger partial charge in [-0.15, -0.1) is 0 Å². The van der Waals surface area contributed by atoms with Crippen LogP contribution >= 0.6 is 23.2 Å². The van der Waals surface area contributed by atoms with E-state index in [0.717, 1.165) is 0 Å². The normalized spacial score (nSPS) is 13.0. The van der Waals surface area contributed by atoms with Gasteiger partial charge in [0, 0.05) is 39.3 Å². The molecule has 4 nitrogen and oxygen atoms in total. The van der Waals surface area contributed by atoms with Gasteiger partial charge >= 0.3 is 0 Å². The Kier molecular flexibility index (Phi) is 5.91. The summed E-state index contributed by atoms with van der Waals surface area (Å²) in [6.07, 6.45) is 1.84. The Morgan fingerprint density at radius 1 is 0.926 bits per heavy atom. The predicted octanol–water partition coefficient (Wildman–Crippen LogP) is 4.67. The Labute approximate surface area is 166 Å². The van der Waals surface area contributed by atoms with E-state index in [4.69, 9.17) is 28.9 Å². The fourth-order valence-electron chi connectivity index (χ4n) is 2.64. The van der Waals surface area contributed by atoms with E-state index in [9.17, 15) is 9.90 Å². The van der Waals surface area contributed by atoms with Crippen molar-refractivity contribution >= 4 is 34.7 Å². The Bertz CT molecular complexity index is 969. The molecule has 0 fully saturated rings. The molecule has 136 valence electrons. The van der Waals surface area contributed by atoms with Crippen LogP contribution in [0.2, 0.25) is 10.0 Å². The topological polar surface area (TPSA) is 76.2 Å². The van der Waals surface area contributed by atoms with E-state index in [0.29, 0.717) is 26.7 Å². The fraction of sp³-hybridized carbons (Fsp3) is 0.0476. The summed E-state index contributed by atoms with van der Waals surface area (Å²) in [5.41, 5.74) is 7.95. The van der Waals surface area contributed by atoms with Crippen LogP contribution in [-0.4, -0.2) is 15.9 Å². The molecule has 0 amide bonds. The number of nitrogens with two attached hydrogens (primary N) is 1. The fourth-order valence-corrected chi connectivity index (χ4v) is 2.89. The molecule has 0 radical (unpaired) electrons. The number of rotatable bonds is 5. The van der Waals surface area contributed by atoms with E-state index in [1.807, 2.05) is 0 Å². The van der Waals surface area contributed by atoms with Gasteiger partial charge in [-0.2, -0.15) is 0 Å². The molecule has 1 unspecified atom stereocenters. The summed E-state index contributed by atoms with van der Waals surface area (Å²) in [5, 5.41) is 12.0. The molecular formula is C21H16Cl2N2O2. The number of carbonyl (C=O) groups excluding carboxylic acids is 1. The summed E-state index contributed by atoms with van der Waals surface area (Å²) in [6, 6.07) is 16.5. The van der Waals surface area contributed by atoms with Crippen molar-refractivity contribution in [1.29, 1.82) is 0 Å². The number of aliphatic hydroxyl groups is 1. The van der Waals surface area contributed by atoms with Gasteiger partial charge in [-0.3, -0.25) is 9.78 Å². The predicted molar refractivity (Wildman–Crippen MR) is 108 cm³/mol. The largest absolute Gasteiger partial charge is 0.398 e. The lowest BCUT2D eigenvalue weighted by molar-refractivity contribution is 0.0988. The molecule has 0 aliphatic heterocycles. The number of carbonyl (C=O) groups is 1. The number of benzene rings is 2. The first-order valence-corrected chi connectivity index (χ1v) is 8.87. The number of aromatic nitrogens is 1. The molecule has 0 aliphatic carbocycles. The molecule has 1 atom stereocenters.